The lowest BCUT2D eigenvalue weighted by atomic mass is 10.1. The molecule has 0 fully saturated rings. The van der Waals surface area contributed by atoms with Gasteiger partial charge in [0, 0.05) is 21.3 Å². The third kappa shape index (κ3) is 7.04. The van der Waals surface area contributed by atoms with Crippen LogP contribution in [0.2, 0.25) is 5.02 Å². The molecule has 1 unspecified atom stereocenters. The van der Waals surface area contributed by atoms with E-state index >= 15 is 0 Å². The van der Waals surface area contributed by atoms with Crippen LogP contribution in [0.4, 0.5) is 17.1 Å². The summed E-state index contributed by atoms with van der Waals surface area (Å²) in [5, 5.41) is 9.99. The lowest BCUT2D eigenvalue weighted by molar-refractivity contribution is -0.115. The molecule has 0 saturated carbocycles. The average molecular weight is 548 g/mol. The maximum atomic E-state index is 13.5. The van der Waals surface area contributed by atoms with E-state index in [1.165, 1.54) is 11.8 Å². The van der Waals surface area contributed by atoms with Gasteiger partial charge in [-0.15, -0.1) is 11.8 Å². The van der Waals surface area contributed by atoms with E-state index in [1.54, 1.807) is 7.11 Å². The van der Waals surface area contributed by atoms with E-state index in [0.717, 1.165) is 27.4 Å². The van der Waals surface area contributed by atoms with Crippen LogP contribution in [0.3, 0.4) is 0 Å². The highest BCUT2D eigenvalue weighted by atomic mass is 35.5. The van der Waals surface area contributed by atoms with Crippen LogP contribution in [-0.2, 0) is 4.79 Å². The maximum Gasteiger partial charge on any atom is 0.242 e. The molecule has 4 rings (SSSR count). The van der Waals surface area contributed by atoms with E-state index in [9.17, 15) is 4.79 Å². The van der Waals surface area contributed by atoms with Gasteiger partial charge in [-0.1, -0.05) is 66.2 Å². The minimum atomic E-state index is -0.478. The molecule has 4 aromatic rings. The SMILES string of the molecule is COc1ccccc1NC(=S)Nc1cccc(SC(C(=O)Nc2cccc(Cl)c2C)c2ccccc2)c1. The highest BCUT2D eigenvalue weighted by molar-refractivity contribution is 8.00. The van der Waals surface area contributed by atoms with Gasteiger partial charge in [0.15, 0.2) is 5.11 Å². The fourth-order valence-electron chi connectivity index (χ4n) is 3.66. The maximum absolute atomic E-state index is 13.5. The van der Waals surface area contributed by atoms with E-state index in [-0.39, 0.29) is 5.91 Å². The number of hydrogen-bond donors (Lipinski definition) is 3. The zero-order chi connectivity index (χ0) is 26.2. The third-order valence-electron chi connectivity index (χ3n) is 5.57. The van der Waals surface area contributed by atoms with Crippen molar-refractivity contribution in [2.75, 3.05) is 23.1 Å². The molecule has 188 valence electrons. The summed E-state index contributed by atoms with van der Waals surface area (Å²) in [6.07, 6.45) is 0. The van der Waals surface area contributed by atoms with Crippen molar-refractivity contribution in [1.29, 1.82) is 0 Å². The third-order valence-corrected chi connectivity index (χ3v) is 7.43. The Morgan fingerprint density at radius 1 is 0.865 bits per heavy atom. The number of nitrogens with one attached hydrogen (secondary N) is 3. The van der Waals surface area contributed by atoms with Crippen LogP contribution in [0.15, 0.2) is 102 Å². The molecule has 5 nitrogen and oxygen atoms in total. The minimum absolute atomic E-state index is 0.131. The number of para-hydroxylation sites is 2. The van der Waals surface area contributed by atoms with Crippen molar-refractivity contribution in [1.82, 2.24) is 0 Å². The van der Waals surface area contributed by atoms with E-state index < -0.39 is 5.25 Å². The van der Waals surface area contributed by atoms with Gasteiger partial charge in [-0.2, -0.15) is 0 Å². The fourth-order valence-corrected chi connectivity index (χ4v) is 5.14. The Balaban J connectivity index is 1.51. The quantitative estimate of drug-likeness (QED) is 0.154. The molecule has 0 radical (unpaired) electrons. The molecule has 4 aromatic carbocycles. The van der Waals surface area contributed by atoms with Crippen molar-refractivity contribution in [3.05, 3.63) is 113 Å². The van der Waals surface area contributed by atoms with Gasteiger partial charge < -0.3 is 20.7 Å². The van der Waals surface area contributed by atoms with Crippen molar-refractivity contribution < 1.29 is 9.53 Å². The summed E-state index contributed by atoms with van der Waals surface area (Å²) in [7, 11) is 1.62. The standard InChI is InChI=1S/C29H26ClN3O2S2/c1-19-23(30)14-9-16-24(19)32-28(34)27(20-10-4-3-5-11-20)37-22-13-8-12-21(18-22)31-29(36)33-25-15-6-7-17-26(25)35-2/h3-18,27H,1-2H3,(H,32,34)(H2,31,33,36). The molecule has 3 N–H and O–H groups in total. The number of ether oxygens (including phenoxy) is 1. The minimum Gasteiger partial charge on any atom is -0.495 e. The number of carbonyl (C=O) groups is 1. The molecule has 0 spiro atoms. The summed E-state index contributed by atoms with van der Waals surface area (Å²) in [6.45, 7) is 1.89. The van der Waals surface area contributed by atoms with Crippen LogP contribution in [0, 0.1) is 6.92 Å². The second-order valence-electron chi connectivity index (χ2n) is 8.12. The van der Waals surface area contributed by atoms with Crippen LogP contribution >= 0.6 is 35.6 Å². The lowest BCUT2D eigenvalue weighted by Crippen LogP contribution is -2.20. The highest BCUT2D eigenvalue weighted by Crippen LogP contribution is 2.38. The summed E-state index contributed by atoms with van der Waals surface area (Å²) >= 11 is 13.2. The van der Waals surface area contributed by atoms with Gasteiger partial charge >= 0.3 is 0 Å². The molecule has 0 aromatic heterocycles. The second-order valence-corrected chi connectivity index (χ2v) is 10.1. The smallest absolute Gasteiger partial charge is 0.242 e. The molecule has 0 aliphatic rings. The Labute approximate surface area is 231 Å². The Bertz CT molecular complexity index is 1400. The molecular formula is C29H26ClN3O2S2. The first kappa shape index (κ1) is 26.5. The number of methoxy groups -OCH3 is 1. The van der Waals surface area contributed by atoms with Gasteiger partial charge in [0.05, 0.1) is 12.8 Å². The van der Waals surface area contributed by atoms with E-state index in [0.29, 0.717) is 21.6 Å². The summed E-state index contributed by atoms with van der Waals surface area (Å²) in [5.74, 6) is 0.566. The lowest BCUT2D eigenvalue weighted by Gasteiger charge is -2.19. The molecular weight excluding hydrogens is 522 g/mol. The number of rotatable bonds is 8. The Hall–Kier alpha value is -3.52. The molecule has 1 atom stereocenters. The Morgan fingerprint density at radius 3 is 2.35 bits per heavy atom. The summed E-state index contributed by atoms with van der Waals surface area (Å²) < 4.78 is 5.38. The number of thioether (sulfide) groups is 1. The zero-order valence-corrected chi connectivity index (χ0v) is 22.7. The first-order valence-electron chi connectivity index (χ1n) is 11.5. The highest BCUT2D eigenvalue weighted by Gasteiger charge is 2.23. The summed E-state index contributed by atoms with van der Waals surface area (Å²) in [5.41, 5.74) is 4.00. The first-order chi connectivity index (χ1) is 17.9. The predicted molar refractivity (Wildman–Crippen MR) is 159 cm³/mol. The first-order valence-corrected chi connectivity index (χ1v) is 13.2. The predicted octanol–water partition coefficient (Wildman–Crippen LogP) is 7.94. The van der Waals surface area contributed by atoms with E-state index in [2.05, 4.69) is 16.0 Å². The number of hydrogen-bond acceptors (Lipinski definition) is 4. The van der Waals surface area contributed by atoms with Crippen molar-refractivity contribution >= 4 is 63.7 Å². The number of halogens is 1. The second kappa shape index (κ2) is 12.6. The number of thiocarbonyl (C=S) groups is 1. The van der Waals surface area contributed by atoms with Gasteiger partial charge in [0.2, 0.25) is 5.91 Å². The van der Waals surface area contributed by atoms with Crippen molar-refractivity contribution in [2.45, 2.75) is 17.1 Å². The van der Waals surface area contributed by atoms with Crippen molar-refractivity contribution in [3.63, 3.8) is 0 Å². The monoisotopic (exact) mass is 547 g/mol. The van der Waals surface area contributed by atoms with Crippen LogP contribution in [0.5, 0.6) is 5.75 Å². The number of amides is 1. The Morgan fingerprint density at radius 2 is 1.57 bits per heavy atom. The molecule has 8 heteroatoms. The van der Waals surface area contributed by atoms with Gasteiger partial charge in [0.1, 0.15) is 11.0 Å². The fraction of sp³-hybridized carbons (Fsp3) is 0.103. The van der Waals surface area contributed by atoms with Gasteiger partial charge in [-0.3, -0.25) is 4.79 Å². The zero-order valence-electron chi connectivity index (χ0n) is 20.3. The van der Waals surface area contributed by atoms with Crippen molar-refractivity contribution in [3.8, 4) is 5.75 Å². The number of benzene rings is 4. The van der Waals surface area contributed by atoms with Gasteiger partial charge in [-0.25, -0.2) is 0 Å². The topological polar surface area (TPSA) is 62.4 Å². The van der Waals surface area contributed by atoms with Gasteiger partial charge in [0.25, 0.3) is 0 Å². The van der Waals surface area contributed by atoms with E-state index in [4.69, 9.17) is 28.6 Å². The summed E-state index contributed by atoms with van der Waals surface area (Å²) in [4.78, 5) is 14.4. The molecule has 0 heterocycles. The van der Waals surface area contributed by atoms with E-state index in [1.807, 2.05) is 104 Å². The molecule has 37 heavy (non-hydrogen) atoms. The number of anilines is 3. The molecule has 0 aliphatic carbocycles. The normalized spacial score (nSPS) is 11.3. The number of carbonyl (C=O) groups excluding carboxylic acids is 1. The molecule has 0 saturated heterocycles. The van der Waals surface area contributed by atoms with Crippen LogP contribution in [0.25, 0.3) is 0 Å². The summed E-state index contributed by atoms with van der Waals surface area (Å²) in [6, 6.07) is 30.5. The van der Waals surface area contributed by atoms with Crippen LogP contribution in [0.1, 0.15) is 16.4 Å². The molecule has 0 aliphatic heterocycles. The van der Waals surface area contributed by atoms with Crippen molar-refractivity contribution in [2.24, 2.45) is 0 Å². The Kier molecular flexibility index (Phi) is 9.06. The van der Waals surface area contributed by atoms with Crippen LogP contribution < -0.4 is 20.7 Å². The molecule has 1 amide bonds. The largest absolute Gasteiger partial charge is 0.495 e. The van der Waals surface area contributed by atoms with Gasteiger partial charge in [-0.05, 0) is 72.7 Å². The van der Waals surface area contributed by atoms with Crippen LogP contribution in [-0.4, -0.2) is 18.1 Å². The molecule has 0 bridgehead atoms. The average Bonchev–Trinajstić information content (AvgIpc) is 2.91.